The molecule has 7 nitrogen and oxygen atoms in total. The van der Waals surface area contributed by atoms with E-state index in [1.165, 1.54) is 0 Å². The summed E-state index contributed by atoms with van der Waals surface area (Å²) in [4.78, 5) is 11.8. The summed E-state index contributed by atoms with van der Waals surface area (Å²) in [5.74, 6) is 0.514. The predicted molar refractivity (Wildman–Crippen MR) is 78.5 cm³/mol. The predicted octanol–water partition coefficient (Wildman–Crippen LogP) is 2.01. The maximum Gasteiger partial charge on any atom is 0.408 e. The van der Waals surface area contributed by atoms with Crippen LogP contribution in [0.4, 0.5) is 4.79 Å². The molecule has 116 valence electrons. The fraction of sp³-hybridized carbons (Fsp3) is 0.429. The number of carbonyl (C=O) groups is 1. The van der Waals surface area contributed by atoms with E-state index in [9.17, 15) is 4.79 Å². The first-order valence-electron chi connectivity index (χ1n) is 6.37. The standard InChI is InChI=1S/C14H21N3O4/c1-14(2,3)21-13(18)16-11(12(15)17-19)9-5-7-10(20-4)8-6-9/h5-8,11,19H,1-4H3,(H2,15,17)(H,16,18)/t11-/m1/s1. The van der Waals surface area contributed by atoms with Gasteiger partial charge in [-0.1, -0.05) is 17.3 Å². The number of oxime groups is 1. The monoisotopic (exact) mass is 295 g/mol. The zero-order valence-corrected chi connectivity index (χ0v) is 12.6. The van der Waals surface area contributed by atoms with Gasteiger partial charge in [-0.15, -0.1) is 0 Å². The molecular weight excluding hydrogens is 274 g/mol. The van der Waals surface area contributed by atoms with Crippen LogP contribution in [0.1, 0.15) is 32.4 Å². The van der Waals surface area contributed by atoms with E-state index in [4.69, 9.17) is 20.4 Å². The number of hydrogen-bond donors (Lipinski definition) is 3. The summed E-state index contributed by atoms with van der Waals surface area (Å²) in [7, 11) is 1.55. The molecule has 0 heterocycles. The van der Waals surface area contributed by atoms with Crippen molar-refractivity contribution in [1.82, 2.24) is 5.32 Å². The largest absolute Gasteiger partial charge is 0.497 e. The van der Waals surface area contributed by atoms with E-state index in [2.05, 4.69) is 10.5 Å². The van der Waals surface area contributed by atoms with Crippen molar-refractivity contribution in [3.63, 3.8) is 0 Å². The number of rotatable bonds is 4. The van der Waals surface area contributed by atoms with Gasteiger partial charge in [0.15, 0.2) is 5.84 Å². The molecule has 0 aliphatic carbocycles. The molecule has 0 saturated carbocycles. The van der Waals surface area contributed by atoms with E-state index in [-0.39, 0.29) is 5.84 Å². The molecule has 0 aliphatic heterocycles. The second kappa shape index (κ2) is 6.83. The van der Waals surface area contributed by atoms with Gasteiger partial charge in [-0.2, -0.15) is 0 Å². The average molecular weight is 295 g/mol. The van der Waals surface area contributed by atoms with Crippen LogP contribution in [0.15, 0.2) is 29.4 Å². The van der Waals surface area contributed by atoms with Gasteiger partial charge in [0.25, 0.3) is 0 Å². The number of amidine groups is 1. The van der Waals surface area contributed by atoms with Crippen LogP contribution in [-0.2, 0) is 4.74 Å². The number of nitrogens with one attached hydrogen (secondary N) is 1. The van der Waals surface area contributed by atoms with Crippen molar-refractivity contribution >= 4 is 11.9 Å². The summed E-state index contributed by atoms with van der Waals surface area (Å²) in [6, 6.07) is 6.04. The maximum absolute atomic E-state index is 11.8. The molecule has 0 spiro atoms. The van der Waals surface area contributed by atoms with Gasteiger partial charge in [-0.3, -0.25) is 0 Å². The molecule has 1 amide bonds. The van der Waals surface area contributed by atoms with Crippen LogP contribution >= 0.6 is 0 Å². The zero-order chi connectivity index (χ0) is 16.0. The third-order valence-corrected chi connectivity index (χ3v) is 2.52. The molecule has 1 atom stereocenters. The summed E-state index contributed by atoms with van der Waals surface area (Å²) >= 11 is 0. The lowest BCUT2D eigenvalue weighted by molar-refractivity contribution is 0.0517. The molecule has 1 rings (SSSR count). The van der Waals surface area contributed by atoms with Crippen molar-refractivity contribution in [3.05, 3.63) is 29.8 Å². The number of carbonyl (C=O) groups excluding carboxylic acids is 1. The maximum atomic E-state index is 11.8. The van der Waals surface area contributed by atoms with Gasteiger partial charge in [0.05, 0.1) is 7.11 Å². The van der Waals surface area contributed by atoms with Crippen LogP contribution in [-0.4, -0.2) is 29.8 Å². The Morgan fingerprint density at radius 3 is 2.33 bits per heavy atom. The number of methoxy groups -OCH3 is 1. The van der Waals surface area contributed by atoms with E-state index >= 15 is 0 Å². The molecule has 1 aromatic carbocycles. The highest BCUT2D eigenvalue weighted by atomic mass is 16.6. The summed E-state index contributed by atoms with van der Waals surface area (Å²) < 4.78 is 10.2. The molecule has 0 unspecified atom stereocenters. The molecule has 0 fully saturated rings. The molecule has 0 bridgehead atoms. The highest BCUT2D eigenvalue weighted by molar-refractivity contribution is 5.89. The number of ether oxygens (including phenoxy) is 2. The Bertz CT molecular complexity index is 506. The lowest BCUT2D eigenvalue weighted by Gasteiger charge is -2.23. The number of benzene rings is 1. The summed E-state index contributed by atoms with van der Waals surface area (Å²) in [6.45, 7) is 5.25. The van der Waals surface area contributed by atoms with Gasteiger partial charge in [-0.05, 0) is 38.5 Å². The third kappa shape index (κ3) is 5.21. The molecule has 1 aromatic rings. The van der Waals surface area contributed by atoms with E-state index in [1.54, 1.807) is 52.1 Å². The first-order chi connectivity index (χ1) is 9.76. The first kappa shape index (κ1) is 16.6. The Morgan fingerprint density at radius 2 is 1.90 bits per heavy atom. The van der Waals surface area contributed by atoms with E-state index in [0.717, 1.165) is 0 Å². The number of amides is 1. The van der Waals surface area contributed by atoms with Crippen molar-refractivity contribution in [3.8, 4) is 5.75 Å². The number of nitrogens with two attached hydrogens (primary N) is 1. The minimum absolute atomic E-state index is 0.147. The highest BCUT2D eigenvalue weighted by Crippen LogP contribution is 2.19. The van der Waals surface area contributed by atoms with Crippen molar-refractivity contribution in [2.45, 2.75) is 32.4 Å². The highest BCUT2D eigenvalue weighted by Gasteiger charge is 2.23. The SMILES string of the molecule is COc1ccc([C@@H](NC(=O)OC(C)(C)C)/C(N)=N/O)cc1. The van der Waals surface area contributed by atoms with Crippen molar-refractivity contribution in [2.24, 2.45) is 10.9 Å². The van der Waals surface area contributed by atoms with Crippen LogP contribution in [0.5, 0.6) is 5.75 Å². The van der Waals surface area contributed by atoms with Crippen molar-refractivity contribution < 1.29 is 19.5 Å². The Hall–Kier alpha value is -2.44. The Labute approximate surface area is 123 Å². The molecule has 0 saturated heterocycles. The number of alkyl carbamates (subject to hydrolysis) is 1. The fourth-order valence-corrected chi connectivity index (χ4v) is 1.61. The molecule has 0 radical (unpaired) electrons. The lowest BCUT2D eigenvalue weighted by atomic mass is 10.1. The Balaban J connectivity index is 2.93. The number of nitrogens with zero attached hydrogens (tertiary/aromatic N) is 1. The molecule has 0 aromatic heterocycles. The van der Waals surface area contributed by atoms with Gasteiger partial charge >= 0.3 is 6.09 Å². The summed E-state index contributed by atoms with van der Waals surface area (Å²) in [5, 5.41) is 14.4. The van der Waals surface area contributed by atoms with Crippen LogP contribution in [0.2, 0.25) is 0 Å². The summed E-state index contributed by atoms with van der Waals surface area (Å²) in [5.41, 5.74) is 5.63. The minimum Gasteiger partial charge on any atom is -0.497 e. The lowest BCUT2D eigenvalue weighted by Crippen LogP contribution is -2.40. The summed E-state index contributed by atoms with van der Waals surface area (Å²) in [6.07, 6.45) is -0.657. The Morgan fingerprint density at radius 1 is 1.33 bits per heavy atom. The normalized spacial score (nSPS) is 13.4. The Kier molecular flexibility index (Phi) is 5.40. The van der Waals surface area contributed by atoms with Crippen LogP contribution < -0.4 is 15.8 Å². The van der Waals surface area contributed by atoms with Gasteiger partial charge in [0.2, 0.25) is 0 Å². The average Bonchev–Trinajstić information content (AvgIpc) is 2.42. The van der Waals surface area contributed by atoms with Gasteiger partial charge in [0, 0.05) is 0 Å². The van der Waals surface area contributed by atoms with Crippen LogP contribution in [0, 0.1) is 0 Å². The quantitative estimate of drug-likeness (QED) is 0.341. The molecule has 0 aliphatic rings. The van der Waals surface area contributed by atoms with Crippen LogP contribution in [0.3, 0.4) is 0 Å². The van der Waals surface area contributed by atoms with E-state index in [0.29, 0.717) is 11.3 Å². The smallest absolute Gasteiger partial charge is 0.408 e. The van der Waals surface area contributed by atoms with Crippen molar-refractivity contribution in [1.29, 1.82) is 0 Å². The van der Waals surface area contributed by atoms with Crippen molar-refractivity contribution in [2.75, 3.05) is 7.11 Å². The topological polar surface area (TPSA) is 106 Å². The van der Waals surface area contributed by atoms with E-state index in [1.807, 2.05) is 0 Å². The minimum atomic E-state index is -0.796. The van der Waals surface area contributed by atoms with E-state index < -0.39 is 17.7 Å². The molecule has 7 heteroatoms. The zero-order valence-electron chi connectivity index (χ0n) is 12.6. The van der Waals surface area contributed by atoms with Gasteiger partial charge in [-0.25, -0.2) is 4.79 Å². The third-order valence-electron chi connectivity index (χ3n) is 2.52. The number of hydrogen-bond acceptors (Lipinski definition) is 5. The molecular formula is C14H21N3O4. The fourth-order valence-electron chi connectivity index (χ4n) is 1.61. The molecule has 21 heavy (non-hydrogen) atoms. The second-order valence-corrected chi connectivity index (χ2v) is 5.38. The van der Waals surface area contributed by atoms with Crippen LogP contribution in [0.25, 0.3) is 0 Å². The van der Waals surface area contributed by atoms with Gasteiger partial charge in [0.1, 0.15) is 17.4 Å². The molecule has 4 N–H and O–H groups in total. The first-order valence-corrected chi connectivity index (χ1v) is 6.37. The second-order valence-electron chi connectivity index (χ2n) is 5.38. The van der Waals surface area contributed by atoms with Gasteiger partial charge < -0.3 is 25.7 Å².